The maximum absolute atomic E-state index is 13.0. The summed E-state index contributed by atoms with van der Waals surface area (Å²) in [6.45, 7) is 12.9. The lowest BCUT2D eigenvalue weighted by molar-refractivity contribution is -0.133. The average Bonchev–Trinajstić information content (AvgIpc) is 3.38. The van der Waals surface area contributed by atoms with E-state index in [1.807, 2.05) is 7.05 Å². The second-order valence-corrected chi connectivity index (χ2v) is 21.7. The quantitative estimate of drug-likeness (QED) is 0.0270. The fourth-order valence-corrected chi connectivity index (χ4v) is 9.42. The van der Waals surface area contributed by atoms with Crippen molar-refractivity contribution in [3.63, 3.8) is 0 Å². The van der Waals surface area contributed by atoms with E-state index in [4.69, 9.17) is 0 Å². The van der Waals surface area contributed by atoms with Crippen LogP contribution in [0.15, 0.2) is 0 Å². The number of carbonyl (C=O) groups excluding carboxylic acids is 4. The van der Waals surface area contributed by atoms with Gasteiger partial charge in [-0.05, 0) is 71.8 Å². The van der Waals surface area contributed by atoms with E-state index >= 15 is 0 Å². The molecule has 0 saturated heterocycles. The molecule has 4 amide bonds. The Labute approximate surface area is 453 Å². The van der Waals surface area contributed by atoms with Crippen molar-refractivity contribution in [1.82, 2.24) is 36.0 Å². The minimum absolute atomic E-state index is 0.0195. The zero-order chi connectivity index (χ0) is 54.7. The Balaban J connectivity index is 5.40. The Morgan fingerprint density at radius 3 is 0.689 bits per heavy atom. The first-order chi connectivity index (χ1) is 35.9. The molecular formula is C59H119N7O8. The van der Waals surface area contributed by atoms with Crippen LogP contribution in [0.2, 0.25) is 0 Å². The van der Waals surface area contributed by atoms with Gasteiger partial charge < -0.3 is 46.6 Å². The lowest BCUT2D eigenvalue weighted by Crippen LogP contribution is -2.49. The molecule has 0 radical (unpaired) electrons. The first-order valence-electron chi connectivity index (χ1n) is 30.9. The highest BCUT2D eigenvalue weighted by atomic mass is 16.3. The molecule has 0 heterocycles. The van der Waals surface area contributed by atoms with Gasteiger partial charge in [0.15, 0.2) is 0 Å². The van der Waals surface area contributed by atoms with Gasteiger partial charge in [0, 0.05) is 52.4 Å². The molecule has 0 aromatic rings. The third-order valence-corrected chi connectivity index (χ3v) is 14.3. The van der Waals surface area contributed by atoms with Gasteiger partial charge in [0.1, 0.15) is 24.4 Å². The van der Waals surface area contributed by atoms with Gasteiger partial charge in [-0.3, -0.25) is 29.0 Å². The van der Waals surface area contributed by atoms with Gasteiger partial charge >= 0.3 is 0 Å². The molecule has 0 aromatic carbocycles. The highest BCUT2D eigenvalue weighted by Gasteiger charge is 2.25. The minimum Gasteiger partial charge on any atom is -0.382 e. The molecule has 0 saturated carbocycles. The number of rotatable bonds is 56. The second kappa shape index (κ2) is 52.6. The molecule has 0 aliphatic rings. The van der Waals surface area contributed by atoms with Gasteiger partial charge in [0.2, 0.25) is 23.6 Å². The number of hydrogen-bond acceptors (Lipinski definition) is 11. The number of nitrogens with zero attached hydrogens (tertiary/aromatic N) is 3. The van der Waals surface area contributed by atoms with E-state index in [1.165, 1.54) is 128 Å². The van der Waals surface area contributed by atoms with Crippen molar-refractivity contribution < 1.29 is 39.6 Å². The number of unbranched alkanes of at least 4 members (excludes halogenated alkanes) is 28. The smallest absolute Gasteiger partial charge is 0.250 e. The lowest BCUT2D eigenvalue weighted by atomic mass is 10.1. The molecule has 0 aromatic heterocycles. The monoisotopic (exact) mass is 1050 g/mol. The molecule has 15 heteroatoms. The summed E-state index contributed by atoms with van der Waals surface area (Å²) in [5, 5.41) is 55.5. The number of carbonyl (C=O) groups is 4. The highest BCUT2D eigenvalue weighted by molar-refractivity contribution is 5.82. The lowest BCUT2D eigenvalue weighted by Gasteiger charge is -2.28. The number of aliphatic hydroxyl groups is 4. The number of hydrogen-bond donors (Lipinski definition) is 8. The topological polar surface area (TPSA) is 207 Å². The maximum Gasteiger partial charge on any atom is 0.250 e. The number of amides is 4. The first-order valence-corrected chi connectivity index (χ1v) is 30.9. The highest BCUT2D eigenvalue weighted by Crippen LogP contribution is 2.12. The molecule has 0 spiro atoms. The van der Waals surface area contributed by atoms with Gasteiger partial charge in [-0.15, -0.1) is 0 Å². The number of nitrogens with one attached hydrogen (secondary N) is 4. The fourth-order valence-electron chi connectivity index (χ4n) is 9.42. The van der Waals surface area contributed by atoms with Crippen LogP contribution in [-0.4, -0.2) is 169 Å². The molecule has 4 atom stereocenters. The molecule has 0 aliphatic heterocycles. The second-order valence-electron chi connectivity index (χ2n) is 21.7. The molecule has 8 N–H and O–H groups in total. The van der Waals surface area contributed by atoms with Crippen molar-refractivity contribution in [3.8, 4) is 0 Å². The van der Waals surface area contributed by atoms with E-state index < -0.39 is 48.0 Å². The van der Waals surface area contributed by atoms with Crippen molar-refractivity contribution in [2.45, 2.75) is 270 Å². The van der Waals surface area contributed by atoms with Crippen molar-refractivity contribution in [3.05, 3.63) is 0 Å². The predicted octanol–water partition coefficient (Wildman–Crippen LogP) is 8.77. The summed E-state index contributed by atoms with van der Waals surface area (Å²) in [6.07, 6.45) is 32.8. The summed E-state index contributed by atoms with van der Waals surface area (Å²) in [5.41, 5.74) is 0. The van der Waals surface area contributed by atoms with Crippen molar-refractivity contribution >= 4 is 23.6 Å². The third-order valence-electron chi connectivity index (χ3n) is 14.3. The van der Waals surface area contributed by atoms with E-state index in [2.05, 4.69) is 53.9 Å². The molecule has 0 aliphatic carbocycles. The van der Waals surface area contributed by atoms with E-state index in [0.29, 0.717) is 65.2 Å². The van der Waals surface area contributed by atoms with Crippen LogP contribution in [0.3, 0.4) is 0 Å². The summed E-state index contributed by atoms with van der Waals surface area (Å²) >= 11 is 0. The van der Waals surface area contributed by atoms with Crippen LogP contribution in [0.4, 0.5) is 0 Å². The third kappa shape index (κ3) is 44.7. The number of aliphatic hydroxyl groups excluding tert-OH is 4. The molecule has 15 nitrogen and oxygen atoms in total. The van der Waals surface area contributed by atoms with E-state index in [1.54, 1.807) is 9.80 Å². The average molecular weight is 1050 g/mol. The van der Waals surface area contributed by atoms with Crippen molar-refractivity contribution in [2.75, 3.05) is 85.6 Å². The van der Waals surface area contributed by atoms with Crippen LogP contribution in [0, 0.1) is 0 Å². The van der Waals surface area contributed by atoms with Gasteiger partial charge in [0.05, 0.1) is 0 Å². The Kier molecular flexibility index (Phi) is 50.9. The van der Waals surface area contributed by atoms with Gasteiger partial charge in [0.25, 0.3) is 0 Å². The zero-order valence-electron chi connectivity index (χ0n) is 48.6. The van der Waals surface area contributed by atoms with Crippen LogP contribution in [0.25, 0.3) is 0 Å². The van der Waals surface area contributed by atoms with Crippen LogP contribution in [-0.2, 0) is 19.2 Å². The fraction of sp³-hybridized carbons (Fsp3) is 0.932. The minimum atomic E-state index is -1.31. The Bertz CT molecular complexity index is 1120. The molecule has 0 rings (SSSR count). The normalized spacial score (nSPS) is 13.4. The summed E-state index contributed by atoms with van der Waals surface area (Å²) in [7, 11) is 1.98. The molecule has 74 heavy (non-hydrogen) atoms. The largest absolute Gasteiger partial charge is 0.382 e. The molecule has 4 unspecified atom stereocenters. The summed E-state index contributed by atoms with van der Waals surface area (Å²) in [4.78, 5) is 57.6. The summed E-state index contributed by atoms with van der Waals surface area (Å²) < 4.78 is 0. The van der Waals surface area contributed by atoms with E-state index in [0.717, 1.165) is 77.0 Å². The Morgan fingerprint density at radius 2 is 0.486 bits per heavy atom. The van der Waals surface area contributed by atoms with Gasteiger partial charge in [-0.1, -0.05) is 207 Å². The zero-order valence-corrected chi connectivity index (χ0v) is 48.6. The molecular weight excluding hydrogens is 935 g/mol. The molecule has 438 valence electrons. The first kappa shape index (κ1) is 71.6. The van der Waals surface area contributed by atoms with Crippen molar-refractivity contribution in [2.24, 2.45) is 0 Å². The van der Waals surface area contributed by atoms with Crippen LogP contribution < -0.4 is 21.3 Å². The van der Waals surface area contributed by atoms with Crippen molar-refractivity contribution in [1.29, 1.82) is 0 Å². The predicted molar refractivity (Wildman–Crippen MR) is 306 cm³/mol. The van der Waals surface area contributed by atoms with Gasteiger partial charge in [-0.25, -0.2) is 0 Å². The van der Waals surface area contributed by atoms with Crippen LogP contribution in [0.5, 0.6) is 0 Å². The van der Waals surface area contributed by atoms with Gasteiger partial charge in [-0.2, -0.15) is 0 Å². The Hall–Kier alpha value is -2.40. The SMILES string of the molecule is CCCCCCCCCCNC(=O)C(O)CN(CCCN(C)CCCN(CC(O)C(=O)NCCCCCCCCCC)CC(O)C(=O)NCCCCCCCCCC)CC(O)C(=O)NCCCCCCCCCC. The van der Waals surface area contributed by atoms with E-state index in [-0.39, 0.29) is 26.2 Å². The standard InChI is InChI=1S/C59H119N7O8/c1-6-10-14-18-22-26-30-34-40-60-56(71)52(67)48-65(49-53(68)57(72)61-41-35-31-27-23-19-15-11-7-2)46-38-44-64(5)45-39-47-66(50-54(69)58(73)62-42-36-32-28-24-20-16-12-8-3)51-55(70)59(74)63-43-37-33-29-25-21-17-13-9-4/h52-55,67-70H,6-51H2,1-5H3,(H,60,71)(H,61,72)(H,62,73)(H,63,74). The maximum atomic E-state index is 13.0. The Morgan fingerprint density at radius 1 is 0.297 bits per heavy atom. The van der Waals surface area contributed by atoms with Crippen LogP contribution >= 0.6 is 0 Å². The summed E-state index contributed by atoms with van der Waals surface area (Å²) in [5.74, 6) is -1.81. The van der Waals surface area contributed by atoms with Crippen LogP contribution in [0.1, 0.15) is 246 Å². The molecule has 0 fully saturated rings. The van der Waals surface area contributed by atoms with E-state index in [9.17, 15) is 39.6 Å². The molecule has 0 bridgehead atoms. The summed E-state index contributed by atoms with van der Waals surface area (Å²) in [6, 6.07) is 0.